The second-order valence-electron chi connectivity index (χ2n) is 2.66. The van der Waals surface area contributed by atoms with Crippen LogP contribution >= 0.6 is 0 Å². The summed E-state index contributed by atoms with van der Waals surface area (Å²) in [5.41, 5.74) is 2.19. The lowest BCUT2D eigenvalue weighted by molar-refractivity contribution is -0.277. The van der Waals surface area contributed by atoms with Gasteiger partial charge in [0.15, 0.2) is 0 Å². The van der Waals surface area contributed by atoms with Crippen LogP contribution in [0, 0.1) is 6.92 Å². The molecule has 0 radical (unpaired) electrons. The standard InChI is InChI=1S/C9H12O2/c1-7-3-5-9(6-4-7)8(2)11-10/h3-6,8,10H,1-2H3/t8-/m0/s1. The molecule has 11 heavy (non-hydrogen) atoms. The summed E-state index contributed by atoms with van der Waals surface area (Å²) in [6, 6.07) is 7.86. The van der Waals surface area contributed by atoms with Crippen molar-refractivity contribution in [3.63, 3.8) is 0 Å². The number of rotatable bonds is 2. The molecular formula is C9H12O2. The maximum absolute atomic E-state index is 8.36. The van der Waals surface area contributed by atoms with Crippen LogP contribution in [0.1, 0.15) is 24.2 Å². The molecule has 0 heterocycles. The number of benzene rings is 1. The van der Waals surface area contributed by atoms with Gasteiger partial charge in [-0.2, -0.15) is 0 Å². The smallest absolute Gasteiger partial charge is 0.115 e. The van der Waals surface area contributed by atoms with Crippen LogP contribution in [0.4, 0.5) is 0 Å². The Labute approximate surface area is 66.4 Å². The molecule has 0 fully saturated rings. The van der Waals surface area contributed by atoms with E-state index in [-0.39, 0.29) is 6.10 Å². The lowest BCUT2D eigenvalue weighted by Crippen LogP contribution is -1.95. The second kappa shape index (κ2) is 3.51. The monoisotopic (exact) mass is 152 g/mol. The largest absolute Gasteiger partial charge is 0.251 e. The van der Waals surface area contributed by atoms with Gasteiger partial charge in [0.05, 0.1) is 0 Å². The maximum atomic E-state index is 8.36. The minimum Gasteiger partial charge on any atom is -0.251 e. The van der Waals surface area contributed by atoms with E-state index >= 15 is 0 Å². The fraction of sp³-hybridized carbons (Fsp3) is 0.333. The van der Waals surface area contributed by atoms with Gasteiger partial charge in [-0.15, -0.1) is 0 Å². The summed E-state index contributed by atoms with van der Waals surface area (Å²) in [5, 5.41) is 8.36. The van der Waals surface area contributed by atoms with Crippen molar-refractivity contribution < 1.29 is 10.1 Å². The molecule has 0 spiro atoms. The SMILES string of the molecule is Cc1ccc([C@H](C)OO)cc1. The first-order valence-corrected chi connectivity index (χ1v) is 3.61. The van der Waals surface area contributed by atoms with E-state index in [0.29, 0.717) is 0 Å². The van der Waals surface area contributed by atoms with Gasteiger partial charge in [-0.3, -0.25) is 5.26 Å². The normalized spacial score (nSPS) is 13.0. The average Bonchev–Trinajstić information content (AvgIpc) is 2.05. The van der Waals surface area contributed by atoms with E-state index < -0.39 is 0 Å². The first-order valence-electron chi connectivity index (χ1n) is 3.61. The van der Waals surface area contributed by atoms with E-state index in [2.05, 4.69) is 4.89 Å². The first-order chi connectivity index (χ1) is 5.24. The van der Waals surface area contributed by atoms with Crippen molar-refractivity contribution in [3.05, 3.63) is 35.4 Å². The van der Waals surface area contributed by atoms with Crippen LogP contribution in [-0.4, -0.2) is 5.26 Å². The Hall–Kier alpha value is -0.860. The van der Waals surface area contributed by atoms with Crippen LogP contribution < -0.4 is 0 Å². The van der Waals surface area contributed by atoms with Crippen molar-refractivity contribution in [2.24, 2.45) is 0 Å². The molecule has 0 aliphatic rings. The fourth-order valence-electron chi connectivity index (χ4n) is 0.898. The third-order valence-electron chi connectivity index (χ3n) is 1.70. The molecule has 0 aliphatic carbocycles. The van der Waals surface area contributed by atoms with Gasteiger partial charge in [-0.05, 0) is 19.4 Å². The Morgan fingerprint density at radius 2 is 1.82 bits per heavy atom. The summed E-state index contributed by atoms with van der Waals surface area (Å²) in [6.07, 6.45) is -0.240. The van der Waals surface area contributed by atoms with Gasteiger partial charge < -0.3 is 0 Å². The predicted octanol–water partition coefficient (Wildman–Crippen LogP) is 2.55. The molecule has 0 bridgehead atoms. The molecule has 2 heteroatoms. The van der Waals surface area contributed by atoms with E-state index in [1.165, 1.54) is 5.56 Å². The third-order valence-corrected chi connectivity index (χ3v) is 1.70. The molecule has 1 atom stereocenters. The molecular weight excluding hydrogens is 140 g/mol. The van der Waals surface area contributed by atoms with E-state index in [1.807, 2.05) is 31.2 Å². The highest BCUT2D eigenvalue weighted by Crippen LogP contribution is 2.15. The zero-order chi connectivity index (χ0) is 8.27. The van der Waals surface area contributed by atoms with Gasteiger partial charge in [0, 0.05) is 0 Å². The molecule has 1 aromatic rings. The molecule has 0 aliphatic heterocycles. The summed E-state index contributed by atoms with van der Waals surface area (Å²) in [6.45, 7) is 3.82. The maximum Gasteiger partial charge on any atom is 0.115 e. The Balaban J connectivity index is 2.81. The van der Waals surface area contributed by atoms with Crippen molar-refractivity contribution in [3.8, 4) is 0 Å². The van der Waals surface area contributed by atoms with E-state index in [9.17, 15) is 0 Å². The molecule has 0 aromatic heterocycles. The average molecular weight is 152 g/mol. The van der Waals surface area contributed by atoms with Crippen molar-refractivity contribution in [1.29, 1.82) is 0 Å². The van der Waals surface area contributed by atoms with E-state index in [0.717, 1.165) is 5.56 Å². The van der Waals surface area contributed by atoms with Gasteiger partial charge in [-0.1, -0.05) is 29.8 Å². The van der Waals surface area contributed by atoms with E-state index in [1.54, 1.807) is 6.92 Å². The topological polar surface area (TPSA) is 29.5 Å². The second-order valence-corrected chi connectivity index (χ2v) is 2.66. The fourth-order valence-corrected chi connectivity index (χ4v) is 0.898. The van der Waals surface area contributed by atoms with Crippen LogP contribution in [0.2, 0.25) is 0 Å². The Bertz CT molecular complexity index is 216. The Morgan fingerprint density at radius 3 is 2.27 bits per heavy atom. The highest BCUT2D eigenvalue weighted by molar-refractivity contribution is 5.22. The summed E-state index contributed by atoms with van der Waals surface area (Å²) < 4.78 is 0. The van der Waals surface area contributed by atoms with Crippen molar-refractivity contribution in [2.75, 3.05) is 0 Å². The van der Waals surface area contributed by atoms with Gasteiger partial charge >= 0.3 is 0 Å². The number of aryl methyl sites for hydroxylation is 1. The predicted molar refractivity (Wildman–Crippen MR) is 43.3 cm³/mol. The zero-order valence-electron chi connectivity index (χ0n) is 6.74. The minimum absolute atomic E-state index is 0.240. The molecule has 2 nitrogen and oxygen atoms in total. The number of hydrogen-bond acceptors (Lipinski definition) is 2. The van der Waals surface area contributed by atoms with E-state index in [4.69, 9.17) is 5.26 Å². The van der Waals surface area contributed by atoms with Gasteiger partial charge in [0.1, 0.15) is 6.10 Å². The molecule has 0 saturated carbocycles. The van der Waals surface area contributed by atoms with Crippen molar-refractivity contribution in [2.45, 2.75) is 20.0 Å². The molecule has 1 rings (SSSR count). The molecule has 1 N–H and O–H groups in total. The van der Waals surface area contributed by atoms with Gasteiger partial charge in [0.2, 0.25) is 0 Å². The zero-order valence-corrected chi connectivity index (χ0v) is 6.74. The van der Waals surface area contributed by atoms with Crippen molar-refractivity contribution in [1.82, 2.24) is 0 Å². The summed E-state index contributed by atoms with van der Waals surface area (Å²) >= 11 is 0. The van der Waals surface area contributed by atoms with Gasteiger partial charge in [-0.25, -0.2) is 4.89 Å². The minimum atomic E-state index is -0.240. The molecule has 60 valence electrons. The van der Waals surface area contributed by atoms with Crippen LogP contribution in [-0.2, 0) is 4.89 Å². The highest BCUT2D eigenvalue weighted by Gasteiger charge is 2.02. The summed E-state index contributed by atoms with van der Waals surface area (Å²) in [7, 11) is 0. The number of hydrogen-bond donors (Lipinski definition) is 1. The van der Waals surface area contributed by atoms with Crippen LogP contribution in [0.25, 0.3) is 0 Å². The first kappa shape index (κ1) is 8.24. The van der Waals surface area contributed by atoms with Crippen LogP contribution in [0.5, 0.6) is 0 Å². The van der Waals surface area contributed by atoms with Crippen LogP contribution in [0.15, 0.2) is 24.3 Å². The summed E-state index contributed by atoms with van der Waals surface area (Å²) in [5.74, 6) is 0. The summed E-state index contributed by atoms with van der Waals surface area (Å²) in [4.78, 5) is 4.18. The lowest BCUT2D eigenvalue weighted by atomic mass is 10.1. The third kappa shape index (κ3) is 2.03. The molecule has 0 amide bonds. The van der Waals surface area contributed by atoms with Gasteiger partial charge in [0.25, 0.3) is 0 Å². The Kier molecular flexibility index (Phi) is 2.63. The highest BCUT2D eigenvalue weighted by atomic mass is 17.1. The lowest BCUT2D eigenvalue weighted by Gasteiger charge is -2.06. The van der Waals surface area contributed by atoms with Crippen LogP contribution in [0.3, 0.4) is 0 Å². The Morgan fingerprint density at radius 1 is 1.27 bits per heavy atom. The molecule has 0 unspecified atom stereocenters. The van der Waals surface area contributed by atoms with Crippen molar-refractivity contribution >= 4 is 0 Å². The molecule has 0 saturated heterocycles. The quantitative estimate of drug-likeness (QED) is 0.521. The molecule has 1 aromatic carbocycles.